The van der Waals surface area contributed by atoms with E-state index in [-0.39, 0.29) is 5.91 Å². The Balaban J connectivity index is 1.35. The molecule has 0 bridgehead atoms. The van der Waals surface area contributed by atoms with Gasteiger partial charge >= 0.3 is 0 Å². The lowest BCUT2D eigenvalue weighted by molar-refractivity contribution is -0.118. The monoisotopic (exact) mass is 475 g/mol. The van der Waals surface area contributed by atoms with Crippen molar-refractivity contribution in [3.8, 4) is 11.4 Å². The molecule has 0 aliphatic rings. The molecular formula is C25H25N5OS2. The third kappa shape index (κ3) is 6.69. The van der Waals surface area contributed by atoms with Crippen LogP contribution in [0.2, 0.25) is 0 Å². The summed E-state index contributed by atoms with van der Waals surface area (Å²) < 4.78 is 2.05. The molecule has 0 radical (unpaired) electrons. The van der Waals surface area contributed by atoms with Crippen LogP contribution in [0.15, 0.2) is 89.2 Å². The van der Waals surface area contributed by atoms with Crippen molar-refractivity contribution in [2.75, 3.05) is 18.1 Å². The zero-order valence-corrected chi connectivity index (χ0v) is 20.0. The fraction of sp³-hybridized carbons (Fsp3) is 0.200. The van der Waals surface area contributed by atoms with E-state index in [4.69, 9.17) is 0 Å². The maximum Gasteiger partial charge on any atom is 0.230 e. The van der Waals surface area contributed by atoms with Crippen molar-refractivity contribution in [1.82, 2.24) is 25.1 Å². The minimum absolute atomic E-state index is 0.00997. The summed E-state index contributed by atoms with van der Waals surface area (Å²) in [5, 5.41) is 12.5. The average Bonchev–Trinajstić information content (AvgIpc) is 3.25. The molecule has 0 fully saturated rings. The van der Waals surface area contributed by atoms with Crippen LogP contribution >= 0.6 is 23.5 Å². The van der Waals surface area contributed by atoms with Gasteiger partial charge in [-0.05, 0) is 36.8 Å². The lowest BCUT2D eigenvalue weighted by Crippen LogP contribution is -2.27. The smallest absolute Gasteiger partial charge is 0.230 e. The Labute approximate surface area is 202 Å². The first kappa shape index (κ1) is 23.1. The summed E-state index contributed by atoms with van der Waals surface area (Å²) in [6.45, 7) is 3.33. The molecule has 1 N–H and O–H groups in total. The number of pyridine rings is 1. The van der Waals surface area contributed by atoms with Crippen LogP contribution in [0.3, 0.4) is 0 Å². The molecule has 168 valence electrons. The van der Waals surface area contributed by atoms with E-state index in [9.17, 15) is 4.79 Å². The fourth-order valence-corrected chi connectivity index (χ4v) is 4.73. The van der Waals surface area contributed by atoms with E-state index in [2.05, 4.69) is 68.4 Å². The van der Waals surface area contributed by atoms with Crippen molar-refractivity contribution in [3.63, 3.8) is 0 Å². The SMILES string of the molecule is Cc1ccc(SCCNC(=O)CSc2nnc(-c3ccncc3)n2Cc2ccccc2)cc1. The van der Waals surface area contributed by atoms with E-state index in [1.165, 1.54) is 22.2 Å². The minimum Gasteiger partial charge on any atom is -0.355 e. The largest absolute Gasteiger partial charge is 0.355 e. The number of carbonyl (C=O) groups is 1. The Morgan fingerprint density at radius 2 is 1.70 bits per heavy atom. The molecule has 8 heteroatoms. The Bertz CT molecular complexity index is 1160. The van der Waals surface area contributed by atoms with Crippen molar-refractivity contribution in [2.24, 2.45) is 0 Å². The number of carbonyl (C=O) groups excluding carboxylic acids is 1. The zero-order valence-electron chi connectivity index (χ0n) is 18.3. The highest BCUT2D eigenvalue weighted by Crippen LogP contribution is 2.25. The van der Waals surface area contributed by atoms with Crippen molar-refractivity contribution < 1.29 is 4.79 Å². The lowest BCUT2D eigenvalue weighted by atomic mass is 10.2. The fourth-order valence-electron chi connectivity index (χ4n) is 3.19. The Hall–Kier alpha value is -3.10. The molecular weight excluding hydrogens is 450 g/mol. The van der Waals surface area contributed by atoms with E-state index < -0.39 is 0 Å². The van der Waals surface area contributed by atoms with Crippen LogP contribution in [-0.4, -0.2) is 43.7 Å². The summed E-state index contributed by atoms with van der Waals surface area (Å²) >= 11 is 3.14. The van der Waals surface area contributed by atoms with Gasteiger partial charge in [-0.25, -0.2) is 0 Å². The number of thioether (sulfide) groups is 2. The topological polar surface area (TPSA) is 72.7 Å². The molecule has 4 aromatic rings. The van der Waals surface area contributed by atoms with Gasteiger partial charge in [0.25, 0.3) is 0 Å². The molecule has 0 aliphatic carbocycles. The first-order valence-electron chi connectivity index (χ1n) is 10.7. The molecule has 0 saturated carbocycles. The lowest BCUT2D eigenvalue weighted by Gasteiger charge is -2.10. The first-order chi connectivity index (χ1) is 16.2. The van der Waals surface area contributed by atoms with Crippen LogP contribution in [0.25, 0.3) is 11.4 Å². The van der Waals surface area contributed by atoms with Crippen LogP contribution < -0.4 is 5.32 Å². The molecule has 2 heterocycles. The van der Waals surface area contributed by atoms with E-state index in [0.717, 1.165) is 27.9 Å². The molecule has 2 aromatic carbocycles. The van der Waals surface area contributed by atoms with Gasteiger partial charge in [0.1, 0.15) is 0 Å². The van der Waals surface area contributed by atoms with Gasteiger partial charge in [0.05, 0.1) is 12.3 Å². The molecule has 1 amide bonds. The van der Waals surface area contributed by atoms with Crippen molar-refractivity contribution in [3.05, 3.63) is 90.3 Å². The number of amides is 1. The first-order valence-corrected chi connectivity index (χ1v) is 12.6. The molecule has 0 spiro atoms. The molecule has 0 aliphatic heterocycles. The standard InChI is InChI=1S/C25H25N5OS2/c1-19-7-9-22(10-8-19)32-16-15-27-23(31)18-33-25-29-28-24(21-11-13-26-14-12-21)30(25)17-20-5-3-2-4-6-20/h2-14H,15-18H2,1H3,(H,27,31). The second-order valence-corrected chi connectivity index (χ2v) is 9.52. The van der Waals surface area contributed by atoms with Gasteiger partial charge in [0.2, 0.25) is 5.91 Å². The molecule has 6 nitrogen and oxygen atoms in total. The van der Waals surface area contributed by atoms with Crippen molar-refractivity contribution in [2.45, 2.75) is 23.5 Å². The van der Waals surface area contributed by atoms with Gasteiger partial charge in [-0.3, -0.25) is 14.3 Å². The van der Waals surface area contributed by atoms with Crippen molar-refractivity contribution in [1.29, 1.82) is 0 Å². The number of rotatable bonds is 10. The molecule has 0 unspecified atom stereocenters. The van der Waals surface area contributed by atoms with Crippen LogP contribution in [0.4, 0.5) is 0 Å². The molecule has 0 atom stereocenters. The average molecular weight is 476 g/mol. The quantitative estimate of drug-likeness (QED) is 0.265. The van der Waals surface area contributed by atoms with Gasteiger partial charge in [0, 0.05) is 35.2 Å². The highest BCUT2D eigenvalue weighted by atomic mass is 32.2. The molecule has 4 rings (SSSR count). The Morgan fingerprint density at radius 3 is 2.45 bits per heavy atom. The summed E-state index contributed by atoms with van der Waals surface area (Å²) in [6.07, 6.45) is 3.48. The Kier molecular flexibility index (Phi) is 8.16. The van der Waals surface area contributed by atoms with Crippen LogP contribution in [0.1, 0.15) is 11.1 Å². The maximum absolute atomic E-state index is 12.4. The number of nitrogens with zero attached hydrogens (tertiary/aromatic N) is 4. The molecule has 33 heavy (non-hydrogen) atoms. The van der Waals surface area contributed by atoms with Crippen LogP contribution in [0.5, 0.6) is 0 Å². The number of hydrogen-bond acceptors (Lipinski definition) is 6. The summed E-state index contributed by atoms with van der Waals surface area (Å²) in [5.74, 6) is 1.87. The van der Waals surface area contributed by atoms with E-state index in [1.807, 2.05) is 30.3 Å². The second-order valence-electron chi connectivity index (χ2n) is 7.41. The normalized spacial score (nSPS) is 10.8. The van der Waals surface area contributed by atoms with E-state index in [1.54, 1.807) is 24.2 Å². The summed E-state index contributed by atoms with van der Waals surface area (Å²) in [4.78, 5) is 17.7. The van der Waals surface area contributed by atoms with Gasteiger partial charge in [-0.1, -0.05) is 59.8 Å². The van der Waals surface area contributed by atoms with Crippen LogP contribution in [0, 0.1) is 6.92 Å². The van der Waals surface area contributed by atoms with Gasteiger partial charge in [0.15, 0.2) is 11.0 Å². The minimum atomic E-state index is -0.00997. The van der Waals surface area contributed by atoms with E-state index >= 15 is 0 Å². The summed E-state index contributed by atoms with van der Waals surface area (Å²) in [6, 6.07) is 22.4. The van der Waals surface area contributed by atoms with Gasteiger partial charge in [-0.15, -0.1) is 22.0 Å². The molecule has 2 aromatic heterocycles. The highest BCUT2D eigenvalue weighted by molar-refractivity contribution is 7.99. The number of hydrogen-bond donors (Lipinski definition) is 1. The Morgan fingerprint density at radius 1 is 0.939 bits per heavy atom. The number of aryl methyl sites for hydroxylation is 1. The predicted octanol–water partition coefficient (Wildman–Crippen LogP) is 4.70. The number of nitrogens with one attached hydrogen (secondary N) is 1. The van der Waals surface area contributed by atoms with Crippen molar-refractivity contribution >= 4 is 29.4 Å². The number of benzene rings is 2. The predicted molar refractivity (Wildman–Crippen MR) is 134 cm³/mol. The summed E-state index contributed by atoms with van der Waals surface area (Å²) in [5.41, 5.74) is 3.33. The van der Waals surface area contributed by atoms with Crippen LogP contribution in [-0.2, 0) is 11.3 Å². The summed E-state index contributed by atoms with van der Waals surface area (Å²) in [7, 11) is 0. The maximum atomic E-state index is 12.4. The highest BCUT2D eigenvalue weighted by Gasteiger charge is 2.16. The third-order valence-corrected chi connectivity index (χ3v) is 6.87. The number of aromatic nitrogens is 4. The zero-order chi connectivity index (χ0) is 22.9. The second kappa shape index (κ2) is 11.7. The third-order valence-electron chi connectivity index (χ3n) is 4.89. The molecule has 0 saturated heterocycles. The van der Waals surface area contributed by atoms with E-state index in [0.29, 0.717) is 18.8 Å². The van der Waals surface area contributed by atoms with Gasteiger partial charge in [-0.2, -0.15) is 0 Å². The van der Waals surface area contributed by atoms with Gasteiger partial charge < -0.3 is 5.32 Å².